The highest BCUT2D eigenvalue weighted by Gasteiger charge is 2.14. The largest absolute Gasteiger partial charge is 0.478 e. The summed E-state index contributed by atoms with van der Waals surface area (Å²) in [6.07, 6.45) is 0.535. The molecule has 0 unspecified atom stereocenters. The Morgan fingerprint density at radius 2 is 2.00 bits per heavy atom. The smallest absolute Gasteiger partial charge is 0.335 e. The number of benzene rings is 1. The van der Waals surface area contributed by atoms with Gasteiger partial charge in [0.25, 0.3) is 0 Å². The maximum atomic E-state index is 10.9. The Morgan fingerprint density at radius 1 is 1.38 bits per heavy atom. The Labute approximate surface area is 92.1 Å². The minimum Gasteiger partial charge on any atom is -0.478 e. The monoisotopic (exact) mass is 221 g/mol. The van der Waals surface area contributed by atoms with E-state index in [1.165, 1.54) is 26.0 Å². The molecule has 5 nitrogen and oxygen atoms in total. The minimum atomic E-state index is -1.10. The number of carbonyl (C=O) groups excluding carboxylic acids is 2. The number of carbonyl (C=O) groups is 3. The van der Waals surface area contributed by atoms with Crippen molar-refractivity contribution < 1.29 is 19.5 Å². The fourth-order valence-electron chi connectivity index (χ4n) is 1.41. The van der Waals surface area contributed by atoms with Crippen LogP contribution in [0.5, 0.6) is 0 Å². The molecule has 0 spiro atoms. The van der Waals surface area contributed by atoms with E-state index >= 15 is 0 Å². The van der Waals surface area contributed by atoms with Crippen molar-refractivity contribution in [2.75, 3.05) is 5.32 Å². The molecule has 0 radical (unpaired) electrons. The van der Waals surface area contributed by atoms with Gasteiger partial charge in [-0.3, -0.25) is 9.59 Å². The zero-order valence-electron chi connectivity index (χ0n) is 8.90. The Kier molecular flexibility index (Phi) is 3.40. The molecular formula is C11H11NO4. The van der Waals surface area contributed by atoms with Gasteiger partial charge in [-0.1, -0.05) is 0 Å². The van der Waals surface area contributed by atoms with Crippen LogP contribution in [0.1, 0.15) is 33.2 Å². The highest BCUT2D eigenvalue weighted by atomic mass is 16.4. The minimum absolute atomic E-state index is 0.0520. The number of amides is 1. The lowest BCUT2D eigenvalue weighted by Crippen LogP contribution is -2.11. The number of nitrogens with one attached hydrogen (secondary N) is 1. The number of aromatic carboxylic acids is 1. The van der Waals surface area contributed by atoms with Crippen molar-refractivity contribution in [3.63, 3.8) is 0 Å². The summed E-state index contributed by atoms with van der Waals surface area (Å²) >= 11 is 0. The van der Waals surface area contributed by atoms with Gasteiger partial charge in [-0.2, -0.15) is 0 Å². The molecule has 0 aliphatic rings. The number of carboxylic acid groups (broad SMARTS) is 1. The van der Waals surface area contributed by atoms with E-state index in [9.17, 15) is 14.4 Å². The van der Waals surface area contributed by atoms with Crippen molar-refractivity contribution in [1.82, 2.24) is 0 Å². The SMILES string of the molecule is CC(=O)Nc1ccc(C(=O)O)c(C)c1C=O. The third-order valence-electron chi connectivity index (χ3n) is 2.17. The summed E-state index contributed by atoms with van der Waals surface area (Å²) in [5.41, 5.74) is 0.907. The summed E-state index contributed by atoms with van der Waals surface area (Å²) in [7, 11) is 0. The van der Waals surface area contributed by atoms with Gasteiger partial charge in [0.2, 0.25) is 5.91 Å². The molecule has 0 aliphatic carbocycles. The van der Waals surface area contributed by atoms with Crippen LogP contribution in [-0.4, -0.2) is 23.3 Å². The molecule has 0 aliphatic heterocycles. The zero-order chi connectivity index (χ0) is 12.3. The molecule has 0 atom stereocenters. The third kappa shape index (κ3) is 2.25. The normalized spacial score (nSPS) is 9.62. The predicted octanol–water partition coefficient (Wildman–Crippen LogP) is 1.46. The van der Waals surface area contributed by atoms with Crippen LogP contribution in [-0.2, 0) is 4.79 Å². The van der Waals surface area contributed by atoms with Gasteiger partial charge in [0.15, 0.2) is 6.29 Å². The predicted molar refractivity (Wildman–Crippen MR) is 57.8 cm³/mol. The number of hydrogen-bond acceptors (Lipinski definition) is 3. The van der Waals surface area contributed by atoms with Gasteiger partial charge in [0.05, 0.1) is 11.3 Å². The molecule has 0 bridgehead atoms. The van der Waals surface area contributed by atoms with Crippen molar-refractivity contribution in [3.05, 3.63) is 28.8 Å². The number of rotatable bonds is 3. The molecule has 16 heavy (non-hydrogen) atoms. The number of anilines is 1. The van der Waals surface area contributed by atoms with E-state index in [1.807, 2.05) is 0 Å². The molecule has 84 valence electrons. The first kappa shape index (κ1) is 11.9. The van der Waals surface area contributed by atoms with Crippen LogP contribution in [0.25, 0.3) is 0 Å². The molecule has 0 heterocycles. The highest BCUT2D eigenvalue weighted by molar-refractivity contribution is 6.00. The van der Waals surface area contributed by atoms with Crippen LogP contribution >= 0.6 is 0 Å². The molecule has 0 fully saturated rings. The molecular weight excluding hydrogens is 210 g/mol. The molecule has 1 rings (SSSR count). The summed E-state index contributed by atoms with van der Waals surface area (Å²) in [6, 6.07) is 2.76. The maximum absolute atomic E-state index is 10.9. The lowest BCUT2D eigenvalue weighted by molar-refractivity contribution is -0.114. The summed E-state index contributed by atoms with van der Waals surface area (Å²) in [4.78, 5) is 32.5. The van der Waals surface area contributed by atoms with Crippen LogP contribution in [0.2, 0.25) is 0 Å². The van der Waals surface area contributed by atoms with E-state index in [0.29, 0.717) is 17.5 Å². The van der Waals surface area contributed by atoms with Gasteiger partial charge in [-0.25, -0.2) is 4.79 Å². The van der Waals surface area contributed by atoms with E-state index in [0.717, 1.165) is 0 Å². The molecule has 2 N–H and O–H groups in total. The lowest BCUT2D eigenvalue weighted by atomic mass is 10.0. The summed E-state index contributed by atoms with van der Waals surface area (Å²) in [5.74, 6) is -1.42. The fraction of sp³-hybridized carbons (Fsp3) is 0.182. The van der Waals surface area contributed by atoms with Gasteiger partial charge in [-0.05, 0) is 24.6 Å². The third-order valence-corrected chi connectivity index (χ3v) is 2.17. The quantitative estimate of drug-likeness (QED) is 0.757. The molecule has 0 saturated heterocycles. The number of carboxylic acids is 1. The first-order chi connectivity index (χ1) is 7.47. The van der Waals surface area contributed by atoms with Gasteiger partial charge in [-0.15, -0.1) is 0 Å². The molecule has 1 amide bonds. The van der Waals surface area contributed by atoms with Gasteiger partial charge >= 0.3 is 5.97 Å². The topological polar surface area (TPSA) is 83.5 Å². The summed E-state index contributed by atoms with van der Waals surface area (Å²) in [5, 5.41) is 11.3. The second-order valence-corrected chi connectivity index (χ2v) is 3.30. The molecule has 1 aromatic carbocycles. The standard InChI is InChI=1S/C11H11NO4/c1-6-8(11(15)16)3-4-10(9(6)5-13)12-7(2)14/h3-5H,1-2H3,(H,12,14)(H,15,16). The van der Waals surface area contributed by atoms with E-state index in [2.05, 4.69) is 5.32 Å². The van der Waals surface area contributed by atoms with Crippen molar-refractivity contribution in [1.29, 1.82) is 0 Å². The van der Waals surface area contributed by atoms with Gasteiger partial charge in [0, 0.05) is 12.5 Å². The van der Waals surface area contributed by atoms with E-state index in [4.69, 9.17) is 5.11 Å². The van der Waals surface area contributed by atoms with Crippen molar-refractivity contribution in [2.24, 2.45) is 0 Å². The van der Waals surface area contributed by atoms with E-state index in [1.54, 1.807) is 0 Å². The number of hydrogen-bond donors (Lipinski definition) is 2. The van der Waals surface area contributed by atoms with Gasteiger partial charge in [0.1, 0.15) is 0 Å². The van der Waals surface area contributed by atoms with Crippen LogP contribution in [0.4, 0.5) is 5.69 Å². The Hall–Kier alpha value is -2.17. The average molecular weight is 221 g/mol. The molecule has 0 saturated carbocycles. The second-order valence-electron chi connectivity index (χ2n) is 3.30. The Bertz CT molecular complexity index is 465. The van der Waals surface area contributed by atoms with Crippen LogP contribution < -0.4 is 5.32 Å². The van der Waals surface area contributed by atoms with Gasteiger partial charge < -0.3 is 10.4 Å². The zero-order valence-corrected chi connectivity index (χ0v) is 8.90. The van der Waals surface area contributed by atoms with Crippen molar-refractivity contribution in [3.8, 4) is 0 Å². The second kappa shape index (κ2) is 4.57. The Balaban J connectivity index is 3.34. The molecule has 5 heteroatoms. The van der Waals surface area contributed by atoms with Crippen molar-refractivity contribution >= 4 is 23.9 Å². The number of aldehydes is 1. The first-order valence-corrected chi connectivity index (χ1v) is 4.57. The van der Waals surface area contributed by atoms with Crippen LogP contribution in [0.15, 0.2) is 12.1 Å². The van der Waals surface area contributed by atoms with Crippen LogP contribution in [0.3, 0.4) is 0 Å². The first-order valence-electron chi connectivity index (χ1n) is 4.57. The van der Waals surface area contributed by atoms with Crippen LogP contribution in [0, 0.1) is 6.92 Å². The molecule has 1 aromatic rings. The maximum Gasteiger partial charge on any atom is 0.335 e. The fourth-order valence-corrected chi connectivity index (χ4v) is 1.41. The highest BCUT2D eigenvalue weighted by Crippen LogP contribution is 2.21. The molecule has 0 aromatic heterocycles. The summed E-state index contributed by atoms with van der Waals surface area (Å²) < 4.78 is 0. The van der Waals surface area contributed by atoms with E-state index in [-0.39, 0.29) is 17.0 Å². The lowest BCUT2D eigenvalue weighted by Gasteiger charge is -2.10. The Morgan fingerprint density at radius 3 is 2.44 bits per heavy atom. The van der Waals surface area contributed by atoms with Crippen molar-refractivity contribution in [2.45, 2.75) is 13.8 Å². The van der Waals surface area contributed by atoms with E-state index < -0.39 is 5.97 Å². The summed E-state index contributed by atoms with van der Waals surface area (Å²) in [6.45, 7) is 2.84. The average Bonchev–Trinajstić information content (AvgIpc) is 2.16.